The molecule has 0 radical (unpaired) electrons. The van der Waals surface area contributed by atoms with Gasteiger partial charge in [-0.05, 0) is 88.5 Å². The van der Waals surface area contributed by atoms with Crippen molar-refractivity contribution in [3.63, 3.8) is 0 Å². The average molecular weight is 301 g/mol. The third kappa shape index (κ3) is 2.05. The second kappa shape index (κ2) is 5.06. The molecule has 2 saturated heterocycles. The van der Waals surface area contributed by atoms with E-state index in [0.717, 1.165) is 29.5 Å². The van der Waals surface area contributed by atoms with E-state index in [1.54, 1.807) is 0 Å². The third-order valence-electron chi connectivity index (χ3n) is 8.30. The van der Waals surface area contributed by atoms with E-state index < -0.39 is 0 Å². The van der Waals surface area contributed by atoms with Crippen LogP contribution in [-0.4, -0.2) is 29.8 Å². The van der Waals surface area contributed by atoms with Gasteiger partial charge in [-0.3, -0.25) is 4.79 Å². The van der Waals surface area contributed by atoms with E-state index in [1.807, 2.05) is 0 Å². The second-order valence-electron chi connectivity index (χ2n) is 9.43. The number of hydrogen-bond donors (Lipinski definition) is 0. The summed E-state index contributed by atoms with van der Waals surface area (Å²) in [6, 6.07) is 1.41. The lowest BCUT2D eigenvalue weighted by Gasteiger charge is -2.55. The summed E-state index contributed by atoms with van der Waals surface area (Å²) < 4.78 is 0. The Morgan fingerprint density at radius 3 is 1.91 bits per heavy atom. The third-order valence-corrected chi connectivity index (χ3v) is 8.30. The topological polar surface area (TPSA) is 20.3 Å². The molecule has 2 unspecified atom stereocenters. The number of hydrogen-bond acceptors (Lipinski definition) is 2. The number of carbonyl (C=O) groups excluding carboxylic acids is 1. The fourth-order valence-electron chi connectivity index (χ4n) is 7.51. The first-order chi connectivity index (χ1) is 10.7. The van der Waals surface area contributed by atoms with Gasteiger partial charge in [0.2, 0.25) is 0 Å². The van der Waals surface area contributed by atoms with Gasteiger partial charge in [-0.1, -0.05) is 6.42 Å². The van der Waals surface area contributed by atoms with Gasteiger partial charge < -0.3 is 4.90 Å². The Kier molecular flexibility index (Phi) is 3.22. The van der Waals surface area contributed by atoms with Crippen molar-refractivity contribution in [2.24, 2.45) is 35.5 Å². The number of carbonyl (C=O) groups is 1. The van der Waals surface area contributed by atoms with Gasteiger partial charge in [0.15, 0.2) is 0 Å². The van der Waals surface area contributed by atoms with Gasteiger partial charge in [0.1, 0.15) is 5.78 Å². The molecular formula is C20H31NO. The van der Waals surface area contributed by atoms with E-state index in [-0.39, 0.29) is 0 Å². The highest BCUT2D eigenvalue weighted by Gasteiger charge is 2.52. The van der Waals surface area contributed by atoms with Gasteiger partial charge in [0, 0.05) is 23.9 Å². The molecule has 2 atom stereocenters. The van der Waals surface area contributed by atoms with Crippen LogP contribution in [0.25, 0.3) is 0 Å². The first-order valence-corrected chi connectivity index (χ1v) is 9.94. The Balaban J connectivity index is 1.34. The Bertz CT molecular complexity index is 430. The molecule has 6 aliphatic rings. The molecule has 122 valence electrons. The summed E-state index contributed by atoms with van der Waals surface area (Å²) in [7, 11) is 2.30. The van der Waals surface area contributed by atoms with Gasteiger partial charge in [-0.25, -0.2) is 0 Å². The van der Waals surface area contributed by atoms with E-state index >= 15 is 0 Å². The molecule has 2 aliphatic heterocycles. The van der Waals surface area contributed by atoms with Crippen LogP contribution >= 0.6 is 0 Å². The van der Waals surface area contributed by atoms with Crippen molar-refractivity contribution < 1.29 is 4.79 Å². The molecule has 6 bridgehead atoms. The molecular weight excluding hydrogens is 270 g/mol. The molecule has 0 amide bonds. The summed E-state index contributed by atoms with van der Waals surface area (Å²) in [5.41, 5.74) is 0. The van der Waals surface area contributed by atoms with Crippen molar-refractivity contribution in [2.45, 2.75) is 76.3 Å². The van der Waals surface area contributed by atoms with Crippen molar-refractivity contribution in [3.05, 3.63) is 0 Å². The van der Waals surface area contributed by atoms with E-state index in [9.17, 15) is 4.79 Å². The summed E-state index contributed by atoms with van der Waals surface area (Å²) in [6.07, 6.45) is 13.5. The van der Waals surface area contributed by atoms with Crippen LogP contribution in [0.5, 0.6) is 0 Å². The number of piperidine rings is 2. The molecule has 0 aromatic heterocycles. The van der Waals surface area contributed by atoms with Crippen LogP contribution < -0.4 is 0 Å². The van der Waals surface area contributed by atoms with Gasteiger partial charge in [-0.2, -0.15) is 0 Å². The zero-order valence-corrected chi connectivity index (χ0v) is 14.0. The zero-order chi connectivity index (χ0) is 14.8. The minimum absolute atomic E-state index is 0.411. The van der Waals surface area contributed by atoms with Crippen molar-refractivity contribution in [2.75, 3.05) is 7.05 Å². The fourth-order valence-corrected chi connectivity index (χ4v) is 7.51. The molecule has 0 N–H and O–H groups in total. The summed E-state index contributed by atoms with van der Waals surface area (Å²) in [4.78, 5) is 16.0. The minimum atomic E-state index is 0.411. The predicted molar refractivity (Wildman–Crippen MR) is 87.5 cm³/mol. The maximum absolute atomic E-state index is 13.4. The molecule has 0 aromatic carbocycles. The molecule has 22 heavy (non-hydrogen) atoms. The normalized spacial score (nSPS) is 53.7. The molecule has 4 saturated carbocycles. The SMILES string of the molecule is CN1C2CCCC1CC(C(=O)C1C3CC4CC(C3)CC1C4)C2. The zero-order valence-electron chi connectivity index (χ0n) is 14.0. The number of nitrogens with zero attached hydrogens (tertiary/aromatic N) is 1. The quantitative estimate of drug-likeness (QED) is 0.771. The Morgan fingerprint density at radius 1 is 0.818 bits per heavy atom. The van der Waals surface area contributed by atoms with Crippen LogP contribution in [0, 0.1) is 35.5 Å². The van der Waals surface area contributed by atoms with Crippen LogP contribution in [0.15, 0.2) is 0 Å². The largest absolute Gasteiger partial charge is 0.300 e. The lowest BCUT2D eigenvalue weighted by Crippen LogP contribution is -2.54. The number of rotatable bonds is 2. The average Bonchev–Trinajstić information content (AvgIpc) is 2.45. The minimum Gasteiger partial charge on any atom is -0.300 e. The lowest BCUT2D eigenvalue weighted by atomic mass is 9.50. The highest BCUT2D eigenvalue weighted by molar-refractivity contribution is 5.84. The highest BCUT2D eigenvalue weighted by Crippen LogP contribution is 2.57. The van der Waals surface area contributed by atoms with E-state index in [4.69, 9.17) is 0 Å². The number of ketones is 1. The van der Waals surface area contributed by atoms with Crippen LogP contribution in [0.2, 0.25) is 0 Å². The number of Topliss-reactive ketones (excluding diaryl/α,β-unsaturated/α-hetero) is 1. The van der Waals surface area contributed by atoms with Gasteiger partial charge in [0.05, 0.1) is 0 Å². The Hall–Kier alpha value is -0.370. The molecule has 4 aliphatic carbocycles. The van der Waals surface area contributed by atoms with Crippen LogP contribution in [-0.2, 0) is 4.79 Å². The summed E-state index contributed by atoms with van der Waals surface area (Å²) in [5.74, 6) is 5.15. The van der Waals surface area contributed by atoms with Crippen LogP contribution in [0.1, 0.15) is 64.2 Å². The molecule has 6 rings (SSSR count). The van der Waals surface area contributed by atoms with Crippen molar-refractivity contribution in [1.29, 1.82) is 0 Å². The standard InChI is InChI=1S/C20H31NO/c1-21-17-3-2-4-18(21)11-16(10-17)20(22)19-14-6-12-5-13(8-14)9-15(19)7-12/h12-19H,2-11H2,1H3. The summed E-state index contributed by atoms with van der Waals surface area (Å²) >= 11 is 0. The summed E-state index contributed by atoms with van der Waals surface area (Å²) in [5, 5.41) is 0. The molecule has 6 fully saturated rings. The molecule has 0 spiro atoms. The van der Waals surface area contributed by atoms with Crippen LogP contribution in [0.4, 0.5) is 0 Å². The Labute approximate surface area is 135 Å². The smallest absolute Gasteiger partial charge is 0.139 e. The number of fused-ring (bicyclic) bond motifs is 2. The second-order valence-corrected chi connectivity index (χ2v) is 9.43. The summed E-state index contributed by atoms with van der Waals surface area (Å²) in [6.45, 7) is 0. The fraction of sp³-hybridized carbons (Fsp3) is 0.950. The van der Waals surface area contributed by atoms with Gasteiger partial charge in [0.25, 0.3) is 0 Å². The van der Waals surface area contributed by atoms with E-state index in [0.29, 0.717) is 23.9 Å². The van der Waals surface area contributed by atoms with E-state index in [1.165, 1.54) is 64.2 Å². The van der Waals surface area contributed by atoms with Crippen molar-refractivity contribution in [1.82, 2.24) is 4.90 Å². The first-order valence-electron chi connectivity index (χ1n) is 9.94. The Morgan fingerprint density at radius 2 is 1.36 bits per heavy atom. The van der Waals surface area contributed by atoms with Gasteiger partial charge >= 0.3 is 0 Å². The first kappa shape index (κ1) is 14.0. The predicted octanol–water partition coefficient (Wildman–Crippen LogP) is 3.89. The molecule has 2 heterocycles. The lowest BCUT2D eigenvalue weighted by molar-refractivity contribution is -0.143. The highest BCUT2D eigenvalue weighted by atomic mass is 16.1. The molecule has 2 nitrogen and oxygen atoms in total. The maximum atomic E-state index is 13.4. The maximum Gasteiger partial charge on any atom is 0.139 e. The van der Waals surface area contributed by atoms with E-state index in [2.05, 4.69) is 11.9 Å². The van der Waals surface area contributed by atoms with Gasteiger partial charge in [-0.15, -0.1) is 0 Å². The van der Waals surface area contributed by atoms with Crippen molar-refractivity contribution >= 4 is 5.78 Å². The molecule has 0 aromatic rings. The van der Waals surface area contributed by atoms with Crippen molar-refractivity contribution in [3.8, 4) is 0 Å². The monoisotopic (exact) mass is 301 g/mol. The van der Waals surface area contributed by atoms with Crippen LogP contribution in [0.3, 0.4) is 0 Å². The molecule has 2 heteroatoms.